The molecule has 0 unspecified atom stereocenters. The summed E-state index contributed by atoms with van der Waals surface area (Å²) in [6.45, 7) is 7.77. The molecule has 0 spiro atoms. The molecule has 82 valence electrons. The molecular formula is C9H19N3O2. The van der Waals surface area contributed by atoms with Gasteiger partial charge in [0.1, 0.15) is 0 Å². The van der Waals surface area contributed by atoms with Gasteiger partial charge in [0.25, 0.3) is 0 Å². The Bertz CT molecular complexity index is 221. The van der Waals surface area contributed by atoms with Gasteiger partial charge >= 0.3 is 6.03 Å². The number of carbonyl (C=O) groups is 2. The van der Waals surface area contributed by atoms with E-state index in [1.807, 2.05) is 20.8 Å². The molecule has 0 aliphatic carbocycles. The minimum Gasteiger partial charge on any atom is -0.338 e. The van der Waals surface area contributed by atoms with Crippen molar-refractivity contribution >= 4 is 11.9 Å². The number of nitrogens with one attached hydrogen (secondary N) is 2. The zero-order valence-corrected chi connectivity index (χ0v) is 9.18. The van der Waals surface area contributed by atoms with Gasteiger partial charge in [-0.2, -0.15) is 0 Å². The SMILES string of the molecule is CCNC(=O)NC(=O)[C@@H](N)C(C)(C)C. The highest BCUT2D eigenvalue weighted by molar-refractivity contribution is 5.97. The highest BCUT2D eigenvalue weighted by Gasteiger charge is 2.28. The maximum atomic E-state index is 11.4. The molecule has 0 radical (unpaired) electrons. The Balaban J connectivity index is 4.15. The number of amides is 3. The van der Waals surface area contributed by atoms with Crippen LogP contribution in [0.3, 0.4) is 0 Å². The van der Waals surface area contributed by atoms with Crippen LogP contribution in [0.5, 0.6) is 0 Å². The van der Waals surface area contributed by atoms with Gasteiger partial charge in [-0.25, -0.2) is 4.79 Å². The van der Waals surface area contributed by atoms with E-state index >= 15 is 0 Å². The van der Waals surface area contributed by atoms with E-state index < -0.39 is 18.0 Å². The fourth-order valence-corrected chi connectivity index (χ4v) is 0.788. The average molecular weight is 201 g/mol. The molecule has 0 aromatic heterocycles. The molecule has 0 aliphatic rings. The van der Waals surface area contributed by atoms with Crippen LogP contribution in [0.15, 0.2) is 0 Å². The molecule has 1 atom stereocenters. The molecule has 0 aromatic rings. The number of carbonyl (C=O) groups excluding carboxylic acids is 2. The van der Waals surface area contributed by atoms with Crippen molar-refractivity contribution in [2.24, 2.45) is 11.1 Å². The molecule has 0 saturated carbocycles. The molecule has 0 aliphatic heterocycles. The van der Waals surface area contributed by atoms with E-state index in [1.165, 1.54) is 0 Å². The molecule has 5 heteroatoms. The van der Waals surface area contributed by atoms with Crippen LogP contribution in [0.25, 0.3) is 0 Å². The first-order valence-corrected chi connectivity index (χ1v) is 4.63. The lowest BCUT2D eigenvalue weighted by Crippen LogP contribution is -2.52. The summed E-state index contributed by atoms with van der Waals surface area (Å²) in [6, 6.07) is -1.19. The molecule has 14 heavy (non-hydrogen) atoms. The minimum absolute atomic E-state index is 0.351. The Morgan fingerprint density at radius 1 is 1.36 bits per heavy atom. The third-order valence-electron chi connectivity index (χ3n) is 1.79. The van der Waals surface area contributed by atoms with Crippen LogP contribution in [-0.4, -0.2) is 24.5 Å². The first kappa shape index (κ1) is 12.9. The predicted octanol–water partition coefficient (Wildman–Crippen LogP) is 0.206. The summed E-state index contributed by atoms with van der Waals surface area (Å²) in [4.78, 5) is 22.4. The summed E-state index contributed by atoms with van der Waals surface area (Å²) in [6.07, 6.45) is 0. The van der Waals surface area contributed by atoms with Gasteiger partial charge in [-0.1, -0.05) is 20.8 Å². The standard InChI is InChI=1S/C9H19N3O2/c1-5-11-8(14)12-7(13)6(10)9(2,3)4/h6H,5,10H2,1-4H3,(H2,11,12,13,14)/t6-/m1/s1. The van der Waals surface area contributed by atoms with Crippen LogP contribution < -0.4 is 16.4 Å². The quantitative estimate of drug-likeness (QED) is 0.597. The zero-order chi connectivity index (χ0) is 11.4. The van der Waals surface area contributed by atoms with Gasteiger partial charge in [0.15, 0.2) is 0 Å². The molecule has 4 N–H and O–H groups in total. The first-order chi connectivity index (χ1) is 6.29. The third kappa shape index (κ3) is 4.23. The van der Waals surface area contributed by atoms with Crippen LogP contribution in [0, 0.1) is 5.41 Å². The van der Waals surface area contributed by atoms with Crippen molar-refractivity contribution in [2.75, 3.05) is 6.54 Å². The zero-order valence-electron chi connectivity index (χ0n) is 9.18. The third-order valence-corrected chi connectivity index (χ3v) is 1.79. The van der Waals surface area contributed by atoms with Crippen molar-refractivity contribution in [3.05, 3.63) is 0 Å². The summed E-state index contributed by atoms with van der Waals surface area (Å²) in [5.74, 6) is -0.455. The number of nitrogens with two attached hydrogens (primary N) is 1. The lowest BCUT2D eigenvalue weighted by molar-refractivity contribution is -0.123. The van der Waals surface area contributed by atoms with Crippen molar-refractivity contribution in [1.29, 1.82) is 0 Å². The minimum atomic E-state index is -0.690. The van der Waals surface area contributed by atoms with E-state index in [-0.39, 0.29) is 5.41 Å². The van der Waals surface area contributed by atoms with Crippen LogP contribution in [0.1, 0.15) is 27.7 Å². The lowest BCUT2D eigenvalue weighted by atomic mass is 9.87. The van der Waals surface area contributed by atoms with Crippen molar-refractivity contribution < 1.29 is 9.59 Å². The van der Waals surface area contributed by atoms with E-state index in [2.05, 4.69) is 10.6 Å². The first-order valence-electron chi connectivity index (χ1n) is 4.63. The van der Waals surface area contributed by atoms with Crippen molar-refractivity contribution in [3.8, 4) is 0 Å². The second kappa shape index (κ2) is 4.95. The number of urea groups is 1. The van der Waals surface area contributed by atoms with Gasteiger partial charge in [0.2, 0.25) is 5.91 Å². The predicted molar refractivity (Wildman–Crippen MR) is 54.6 cm³/mol. The number of hydrogen-bond acceptors (Lipinski definition) is 3. The van der Waals surface area contributed by atoms with Gasteiger partial charge < -0.3 is 11.1 Å². The molecule has 0 heterocycles. The maximum absolute atomic E-state index is 11.4. The second-order valence-electron chi connectivity index (χ2n) is 4.19. The topological polar surface area (TPSA) is 84.2 Å². The fourth-order valence-electron chi connectivity index (χ4n) is 0.788. The van der Waals surface area contributed by atoms with Crippen LogP contribution >= 0.6 is 0 Å². The molecule has 0 fully saturated rings. The second-order valence-corrected chi connectivity index (χ2v) is 4.19. The Labute approximate surface area is 84.4 Å². The monoisotopic (exact) mass is 201 g/mol. The number of hydrogen-bond donors (Lipinski definition) is 3. The van der Waals surface area contributed by atoms with Gasteiger partial charge in [-0.05, 0) is 12.3 Å². The Morgan fingerprint density at radius 2 is 1.86 bits per heavy atom. The molecule has 3 amide bonds. The summed E-state index contributed by atoms with van der Waals surface area (Å²) < 4.78 is 0. The van der Waals surface area contributed by atoms with Crippen LogP contribution in [0.4, 0.5) is 4.79 Å². The van der Waals surface area contributed by atoms with Gasteiger partial charge in [-0.15, -0.1) is 0 Å². The van der Waals surface area contributed by atoms with E-state index in [0.29, 0.717) is 6.54 Å². The van der Waals surface area contributed by atoms with E-state index in [0.717, 1.165) is 0 Å². The molecule has 0 rings (SSSR count). The summed E-state index contributed by atoms with van der Waals surface area (Å²) in [7, 11) is 0. The maximum Gasteiger partial charge on any atom is 0.321 e. The van der Waals surface area contributed by atoms with E-state index in [9.17, 15) is 9.59 Å². The molecule has 0 aromatic carbocycles. The van der Waals surface area contributed by atoms with E-state index in [4.69, 9.17) is 5.73 Å². The summed E-state index contributed by atoms with van der Waals surface area (Å²) in [5.41, 5.74) is 5.30. The molecule has 0 bridgehead atoms. The Morgan fingerprint density at radius 3 is 2.21 bits per heavy atom. The number of rotatable bonds is 2. The summed E-state index contributed by atoms with van der Waals surface area (Å²) >= 11 is 0. The van der Waals surface area contributed by atoms with Crippen LogP contribution in [0.2, 0.25) is 0 Å². The number of imide groups is 1. The lowest BCUT2D eigenvalue weighted by Gasteiger charge is -2.25. The van der Waals surface area contributed by atoms with Crippen LogP contribution in [-0.2, 0) is 4.79 Å². The van der Waals surface area contributed by atoms with Crippen molar-refractivity contribution in [2.45, 2.75) is 33.7 Å². The summed E-state index contributed by atoms with van der Waals surface area (Å²) in [5, 5.41) is 4.63. The Hall–Kier alpha value is -1.10. The van der Waals surface area contributed by atoms with Gasteiger partial charge in [-0.3, -0.25) is 10.1 Å². The van der Waals surface area contributed by atoms with Crippen molar-refractivity contribution in [1.82, 2.24) is 10.6 Å². The van der Waals surface area contributed by atoms with Gasteiger partial charge in [0, 0.05) is 6.54 Å². The van der Waals surface area contributed by atoms with Crippen molar-refractivity contribution in [3.63, 3.8) is 0 Å². The molecule has 0 saturated heterocycles. The fraction of sp³-hybridized carbons (Fsp3) is 0.778. The smallest absolute Gasteiger partial charge is 0.321 e. The van der Waals surface area contributed by atoms with Gasteiger partial charge in [0.05, 0.1) is 6.04 Å². The normalized spacial score (nSPS) is 13.2. The largest absolute Gasteiger partial charge is 0.338 e. The molecular weight excluding hydrogens is 182 g/mol. The average Bonchev–Trinajstić information content (AvgIpc) is 2.01. The van der Waals surface area contributed by atoms with E-state index in [1.54, 1.807) is 6.92 Å². The highest BCUT2D eigenvalue weighted by Crippen LogP contribution is 2.16. The Kier molecular flexibility index (Phi) is 4.56. The highest BCUT2D eigenvalue weighted by atomic mass is 16.2. The molecule has 5 nitrogen and oxygen atoms in total.